The summed E-state index contributed by atoms with van der Waals surface area (Å²) in [5.41, 5.74) is 0.724. The molecule has 2 aliphatic carbocycles. The van der Waals surface area contributed by atoms with Crippen LogP contribution in [0.3, 0.4) is 0 Å². The molecule has 2 bridgehead atoms. The number of carbonyl (C=O) groups is 3. The van der Waals surface area contributed by atoms with Crippen molar-refractivity contribution < 1.29 is 19.1 Å². The van der Waals surface area contributed by atoms with E-state index in [1.807, 2.05) is 0 Å². The molecule has 2 aromatic rings. The van der Waals surface area contributed by atoms with Crippen LogP contribution in [0.5, 0.6) is 5.75 Å². The number of esters is 1. The summed E-state index contributed by atoms with van der Waals surface area (Å²) in [4.78, 5) is 39.7. The summed E-state index contributed by atoms with van der Waals surface area (Å²) in [7, 11) is 0. The van der Waals surface area contributed by atoms with Crippen molar-refractivity contribution in [3.63, 3.8) is 0 Å². The van der Waals surface area contributed by atoms with E-state index in [0.29, 0.717) is 28.3 Å². The lowest BCUT2D eigenvalue weighted by atomic mass is 9.81. The molecule has 0 N–H and O–H groups in total. The van der Waals surface area contributed by atoms with Crippen LogP contribution in [-0.4, -0.2) is 17.8 Å². The number of fused-ring (bicyclic) bond motifs is 5. The molecule has 28 heavy (non-hydrogen) atoms. The van der Waals surface area contributed by atoms with E-state index in [1.165, 1.54) is 4.90 Å². The number of nitrogens with zero attached hydrogens (tertiary/aromatic N) is 1. The number of imide groups is 1. The SMILES string of the molecule is O=C(Oc1ccc(Cl)cc1)c1cccc(N2C(=O)[C@@H]3[C@@H]4CC[C@@H](C4)[C@@H]3C2=O)c1. The van der Waals surface area contributed by atoms with Gasteiger partial charge in [0.05, 0.1) is 23.1 Å². The molecule has 1 aliphatic heterocycles. The highest BCUT2D eigenvalue weighted by atomic mass is 35.5. The van der Waals surface area contributed by atoms with Crippen molar-refractivity contribution in [2.75, 3.05) is 4.90 Å². The Morgan fingerprint density at radius 3 is 2.25 bits per heavy atom. The number of halogens is 1. The Morgan fingerprint density at radius 2 is 1.61 bits per heavy atom. The molecule has 2 saturated carbocycles. The number of rotatable bonds is 3. The Bertz CT molecular complexity index is 958. The molecule has 3 fully saturated rings. The third-order valence-electron chi connectivity index (χ3n) is 6.29. The molecule has 6 heteroatoms. The summed E-state index contributed by atoms with van der Waals surface area (Å²) in [6, 6.07) is 13.0. The zero-order valence-corrected chi connectivity index (χ0v) is 15.8. The van der Waals surface area contributed by atoms with Crippen molar-refractivity contribution in [2.45, 2.75) is 19.3 Å². The van der Waals surface area contributed by atoms with Gasteiger partial charge in [-0.3, -0.25) is 14.5 Å². The van der Waals surface area contributed by atoms with E-state index >= 15 is 0 Å². The van der Waals surface area contributed by atoms with Crippen molar-refractivity contribution in [1.82, 2.24) is 0 Å². The third-order valence-corrected chi connectivity index (χ3v) is 6.54. The van der Waals surface area contributed by atoms with Crippen LogP contribution >= 0.6 is 11.6 Å². The fraction of sp³-hybridized carbons (Fsp3) is 0.318. The molecule has 1 heterocycles. The van der Waals surface area contributed by atoms with Crippen LogP contribution in [-0.2, 0) is 9.59 Å². The molecular formula is C22H18ClNO4. The minimum Gasteiger partial charge on any atom is -0.423 e. The van der Waals surface area contributed by atoms with Gasteiger partial charge < -0.3 is 4.74 Å². The van der Waals surface area contributed by atoms with Crippen LogP contribution in [0.1, 0.15) is 29.6 Å². The molecule has 3 aliphatic rings. The summed E-state index contributed by atoms with van der Waals surface area (Å²) >= 11 is 5.84. The number of carbonyl (C=O) groups excluding carboxylic acids is 3. The highest BCUT2D eigenvalue weighted by Crippen LogP contribution is 2.56. The molecular weight excluding hydrogens is 378 g/mol. The Labute approximate surface area is 167 Å². The first-order valence-electron chi connectivity index (χ1n) is 9.48. The van der Waals surface area contributed by atoms with Crippen LogP contribution in [0, 0.1) is 23.7 Å². The van der Waals surface area contributed by atoms with Crippen LogP contribution in [0.4, 0.5) is 5.69 Å². The van der Waals surface area contributed by atoms with Crippen molar-refractivity contribution in [2.24, 2.45) is 23.7 Å². The quantitative estimate of drug-likeness (QED) is 0.446. The minimum atomic E-state index is -0.552. The zero-order valence-electron chi connectivity index (χ0n) is 15.0. The maximum absolute atomic E-state index is 13.0. The van der Waals surface area contributed by atoms with Gasteiger partial charge in [0.2, 0.25) is 11.8 Å². The minimum absolute atomic E-state index is 0.120. The van der Waals surface area contributed by atoms with E-state index in [2.05, 4.69) is 0 Å². The van der Waals surface area contributed by atoms with Crippen molar-refractivity contribution >= 4 is 35.1 Å². The number of hydrogen-bond donors (Lipinski definition) is 0. The first-order chi connectivity index (χ1) is 13.5. The van der Waals surface area contributed by atoms with E-state index in [-0.39, 0.29) is 29.2 Å². The molecule has 142 valence electrons. The highest BCUT2D eigenvalue weighted by molar-refractivity contribution is 6.30. The molecule has 5 rings (SSSR count). The summed E-state index contributed by atoms with van der Waals surface area (Å²) in [6.45, 7) is 0. The third kappa shape index (κ3) is 2.65. The van der Waals surface area contributed by atoms with E-state index in [1.54, 1.807) is 48.5 Å². The van der Waals surface area contributed by atoms with Gasteiger partial charge in [-0.15, -0.1) is 0 Å². The number of anilines is 1. The number of amides is 2. The normalized spacial score (nSPS) is 28.0. The highest BCUT2D eigenvalue weighted by Gasteiger charge is 2.61. The molecule has 2 aromatic carbocycles. The smallest absolute Gasteiger partial charge is 0.343 e. The standard InChI is InChI=1S/C22H18ClNO4/c23-15-6-8-17(9-7-15)28-22(27)14-2-1-3-16(11-14)24-20(25)18-12-4-5-13(10-12)19(18)21(24)26/h1-3,6-9,11-13,18-19H,4-5,10H2/t12-,13+,18-,19+. The van der Waals surface area contributed by atoms with Crippen LogP contribution in [0.2, 0.25) is 5.02 Å². The fourth-order valence-corrected chi connectivity index (χ4v) is 5.23. The van der Waals surface area contributed by atoms with Gasteiger partial charge in [0.15, 0.2) is 0 Å². The molecule has 5 nitrogen and oxygen atoms in total. The van der Waals surface area contributed by atoms with E-state index in [4.69, 9.17) is 16.3 Å². The number of hydrogen-bond acceptors (Lipinski definition) is 4. The van der Waals surface area contributed by atoms with Crippen LogP contribution < -0.4 is 9.64 Å². The predicted molar refractivity (Wildman–Crippen MR) is 103 cm³/mol. The lowest BCUT2D eigenvalue weighted by molar-refractivity contribution is -0.123. The van der Waals surface area contributed by atoms with Crippen LogP contribution in [0.25, 0.3) is 0 Å². The second-order valence-corrected chi connectivity index (χ2v) is 8.23. The van der Waals surface area contributed by atoms with Gasteiger partial charge in [0.25, 0.3) is 0 Å². The van der Waals surface area contributed by atoms with Gasteiger partial charge >= 0.3 is 5.97 Å². The first kappa shape index (κ1) is 17.4. The van der Waals surface area contributed by atoms with E-state index in [9.17, 15) is 14.4 Å². The molecule has 0 spiro atoms. The van der Waals surface area contributed by atoms with Gasteiger partial charge in [-0.2, -0.15) is 0 Å². The first-order valence-corrected chi connectivity index (χ1v) is 9.86. The Balaban J connectivity index is 1.40. The van der Waals surface area contributed by atoms with Crippen molar-refractivity contribution in [3.05, 3.63) is 59.1 Å². The maximum Gasteiger partial charge on any atom is 0.343 e. The van der Waals surface area contributed by atoms with E-state index < -0.39 is 5.97 Å². The Kier molecular flexibility index (Phi) is 4.02. The zero-order chi connectivity index (χ0) is 19.4. The van der Waals surface area contributed by atoms with Gasteiger partial charge in [0.1, 0.15) is 5.75 Å². The summed E-state index contributed by atoms with van der Waals surface area (Å²) in [5, 5.41) is 0.548. The molecule has 0 unspecified atom stereocenters. The van der Waals surface area contributed by atoms with Crippen molar-refractivity contribution in [3.8, 4) is 5.75 Å². The summed E-state index contributed by atoms with van der Waals surface area (Å²) in [6.07, 6.45) is 3.06. The number of benzene rings is 2. The Morgan fingerprint density at radius 1 is 0.964 bits per heavy atom. The van der Waals surface area contributed by atoms with Gasteiger partial charge in [-0.25, -0.2) is 4.79 Å². The topological polar surface area (TPSA) is 63.7 Å². The van der Waals surface area contributed by atoms with Gasteiger partial charge in [-0.1, -0.05) is 17.7 Å². The second kappa shape index (κ2) is 6.45. The summed E-state index contributed by atoms with van der Waals surface area (Å²) in [5.74, 6) is -0.130. The average molecular weight is 396 g/mol. The fourth-order valence-electron chi connectivity index (χ4n) is 5.10. The largest absolute Gasteiger partial charge is 0.423 e. The van der Waals surface area contributed by atoms with E-state index in [0.717, 1.165) is 19.3 Å². The molecule has 0 radical (unpaired) electrons. The second-order valence-electron chi connectivity index (χ2n) is 7.79. The van der Waals surface area contributed by atoms with Crippen LogP contribution in [0.15, 0.2) is 48.5 Å². The monoisotopic (exact) mass is 395 g/mol. The summed E-state index contributed by atoms with van der Waals surface area (Å²) < 4.78 is 5.36. The molecule has 2 amide bonds. The van der Waals surface area contributed by atoms with Crippen molar-refractivity contribution in [1.29, 1.82) is 0 Å². The average Bonchev–Trinajstić information content (AvgIpc) is 3.37. The lowest BCUT2D eigenvalue weighted by Crippen LogP contribution is -2.32. The molecule has 0 aromatic heterocycles. The predicted octanol–water partition coefficient (Wildman–Crippen LogP) is 4.09. The lowest BCUT2D eigenvalue weighted by Gasteiger charge is -2.19. The van der Waals surface area contributed by atoms with Gasteiger partial charge in [0, 0.05) is 5.02 Å². The Hall–Kier alpha value is -2.66. The maximum atomic E-state index is 13.0. The number of ether oxygens (including phenoxy) is 1. The van der Waals surface area contributed by atoms with Gasteiger partial charge in [-0.05, 0) is 73.6 Å². The molecule has 1 saturated heterocycles. The molecule has 4 atom stereocenters.